The summed E-state index contributed by atoms with van der Waals surface area (Å²) in [6.07, 6.45) is 2.05. The molecule has 0 aliphatic heterocycles. The van der Waals surface area contributed by atoms with Gasteiger partial charge in [0.1, 0.15) is 0 Å². The second-order valence-electron chi connectivity index (χ2n) is 6.29. The van der Waals surface area contributed by atoms with Gasteiger partial charge in [0.25, 0.3) is 0 Å². The maximum atomic E-state index is 12.2. The van der Waals surface area contributed by atoms with Gasteiger partial charge in [-0.25, -0.2) is 0 Å². The van der Waals surface area contributed by atoms with Crippen LogP contribution in [-0.2, 0) is 14.4 Å². The van der Waals surface area contributed by atoms with Gasteiger partial charge in [-0.05, 0) is 32.0 Å². The molecule has 0 saturated heterocycles. The van der Waals surface area contributed by atoms with Gasteiger partial charge in [0.05, 0.1) is 30.3 Å². The van der Waals surface area contributed by atoms with Crippen LogP contribution in [0.15, 0.2) is 24.3 Å². The fraction of sp³-hybridized carbons (Fsp3) is 0.471. The minimum absolute atomic E-state index is 0.0635. The van der Waals surface area contributed by atoms with Crippen molar-refractivity contribution < 1.29 is 14.4 Å². The Balaban J connectivity index is 1.74. The van der Waals surface area contributed by atoms with Crippen molar-refractivity contribution in [3.63, 3.8) is 0 Å². The van der Waals surface area contributed by atoms with Gasteiger partial charge in [0.15, 0.2) is 0 Å². The third-order valence-electron chi connectivity index (χ3n) is 3.72. The second kappa shape index (κ2) is 8.82. The number of benzene rings is 1. The fourth-order valence-corrected chi connectivity index (χ4v) is 2.39. The molecule has 1 aliphatic rings. The van der Waals surface area contributed by atoms with E-state index in [0.29, 0.717) is 16.8 Å². The molecule has 8 heteroatoms. The van der Waals surface area contributed by atoms with Crippen LogP contribution in [0.5, 0.6) is 0 Å². The zero-order valence-electron chi connectivity index (χ0n) is 14.4. The first kappa shape index (κ1) is 19.2. The summed E-state index contributed by atoms with van der Waals surface area (Å²) in [5, 5.41) is 5.97. The standard InChI is InChI=1S/C17H23ClN4O3/c1-21(9-15(23)19-12-7-8-12)11-17(25)22(2)10-16(24)20-14-6-4-3-5-13(14)18/h3-6,12H,7-11H2,1-2H3,(H,19,23)(H,20,24). The van der Waals surface area contributed by atoms with Crippen LogP contribution in [0.25, 0.3) is 0 Å². The highest BCUT2D eigenvalue weighted by Gasteiger charge is 2.24. The summed E-state index contributed by atoms with van der Waals surface area (Å²) in [6, 6.07) is 7.19. The number of carbonyl (C=O) groups excluding carboxylic acids is 3. The van der Waals surface area contributed by atoms with E-state index in [4.69, 9.17) is 11.6 Å². The molecule has 3 amide bonds. The van der Waals surface area contributed by atoms with E-state index in [1.165, 1.54) is 4.90 Å². The highest BCUT2D eigenvalue weighted by Crippen LogP contribution is 2.20. The van der Waals surface area contributed by atoms with Crippen molar-refractivity contribution in [3.8, 4) is 0 Å². The predicted octanol–water partition coefficient (Wildman–Crippen LogP) is 0.947. The highest BCUT2D eigenvalue weighted by molar-refractivity contribution is 6.33. The van der Waals surface area contributed by atoms with Crippen molar-refractivity contribution in [2.24, 2.45) is 0 Å². The van der Waals surface area contributed by atoms with Crippen LogP contribution >= 0.6 is 11.6 Å². The van der Waals surface area contributed by atoms with Gasteiger partial charge in [-0.3, -0.25) is 19.3 Å². The second-order valence-corrected chi connectivity index (χ2v) is 6.70. The number of likely N-dealkylation sites (N-methyl/N-ethyl adjacent to an activating group) is 2. The third kappa shape index (κ3) is 6.72. The summed E-state index contributed by atoms with van der Waals surface area (Å²) in [4.78, 5) is 38.9. The predicted molar refractivity (Wildman–Crippen MR) is 96.4 cm³/mol. The van der Waals surface area contributed by atoms with Crippen LogP contribution in [0.1, 0.15) is 12.8 Å². The summed E-state index contributed by atoms with van der Waals surface area (Å²) in [5.41, 5.74) is 0.504. The van der Waals surface area contributed by atoms with E-state index >= 15 is 0 Å². The van der Waals surface area contributed by atoms with Crippen LogP contribution < -0.4 is 10.6 Å². The summed E-state index contributed by atoms with van der Waals surface area (Å²) >= 11 is 5.99. The number of para-hydroxylation sites is 1. The van der Waals surface area contributed by atoms with E-state index in [0.717, 1.165) is 12.8 Å². The lowest BCUT2D eigenvalue weighted by atomic mass is 10.3. The van der Waals surface area contributed by atoms with Crippen molar-refractivity contribution in [3.05, 3.63) is 29.3 Å². The molecule has 1 fully saturated rings. The molecule has 25 heavy (non-hydrogen) atoms. The zero-order valence-corrected chi connectivity index (χ0v) is 15.2. The lowest BCUT2D eigenvalue weighted by molar-refractivity contribution is -0.134. The van der Waals surface area contributed by atoms with E-state index < -0.39 is 0 Å². The summed E-state index contributed by atoms with van der Waals surface area (Å²) in [5.74, 6) is -0.661. The molecule has 1 aliphatic carbocycles. The van der Waals surface area contributed by atoms with Crippen molar-refractivity contribution in [2.45, 2.75) is 18.9 Å². The van der Waals surface area contributed by atoms with Crippen molar-refractivity contribution in [1.29, 1.82) is 0 Å². The van der Waals surface area contributed by atoms with Gasteiger partial charge in [0.2, 0.25) is 17.7 Å². The van der Waals surface area contributed by atoms with Crippen molar-refractivity contribution in [1.82, 2.24) is 15.1 Å². The van der Waals surface area contributed by atoms with Crippen LogP contribution in [0.3, 0.4) is 0 Å². The maximum absolute atomic E-state index is 12.2. The van der Waals surface area contributed by atoms with E-state index in [1.54, 1.807) is 43.3 Å². The summed E-state index contributed by atoms with van der Waals surface area (Å²) < 4.78 is 0. The monoisotopic (exact) mass is 366 g/mol. The molecular weight excluding hydrogens is 344 g/mol. The first-order valence-corrected chi connectivity index (χ1v) is 8.49. The SMILES string of the molecule is CN(CC(=O)NC1CC1)CC(=O)N(C)CC(=O)Nc1ccccc1Cl. The van der Waals surface area contributed by atoms with Gasteiger partial charge < -0.3 is 15.5 Å². The quantitative estimate of drug-likeness (QED) is 0.717. The molecule has 1 saturated carbocycles. The summed E-state index contributed by atoms with van der Waals surface area (Å²) in [7, 11) is 3.24. The minimum Gasteiger partial charge on any atom is -0.352 e. The Hall–Kier alpha value is -2.12. The van der Waals surface area contributed by atoms with Gasteiger partial charge >= 0.3 is 0 Å². The molecule has 2 rings (SSSR count). The van der Waals surface area contributed by atoms with Crippen LogP contribution in [-0.4, -0.2) is 67.3 Å². The Morgan fingerprint density at radius 2 is 1.76 bits per heavy atom. The molecular formula is C17H23ClN4O3. The number of hydrogen-bond acceptors (Lipinski definition) is 4. The first-order chi connectivity index (χ1) is 11.8. The van der Waals surface area contributed by atoms with E-state index in [9.17, 15) is 14.4 Å². The van der Waals surface area contributed by atoms with Gasteiger partial charge in [-0.2, -0.15) is 0 Å². The van der Waals surface area contributed by atoms with Crippen molar-refractivity contribution in [2.75, 3.05) is 39.0 Å². The molecule has 7 nitrogen and oxygen atoms in total. The van der Waals surface area contributed by atoms with Gasteiger partial charge in [-0.15, -0.1) is 0 Å². The van der Waals surface area contributed by atoms with Crippen molar-refractivity contribution >= 4 is 35.0 Å². The number of rotatable bonds is 8. The molecule has 0 unspecified atom stereocenters. The molecule has 0 radical (unpaired) electrons. The smallest absolute Gasteiger partial charge is 0.244 e. The molecule has 0 atom stereocenters. The number of anilines is 1. The lowest BCUT2D eigenvalue weighted by Crippen LogP contribution is -2.43. The highest BCUT2D eigenvalue weighted by atomic mass is 35.5. The third-order valence-corrected chi connectivity index (χ3v) is 4.05. The van der Waals surface area contributed by atoms with E-state index in [-0.39, 0.29) is 37.4 Å². The number of carbonyl (C=O) groups is 3. The number of hydrogen-bond donors (Lipinski definition) is 2. The zero-order chi connectivity index (χ0) is 18.4. The number of halogens is 1. The topological polar surface area (TPSA) is 81.8 Å². The summed E-state index contributed by atoms with van der Waals surface area (Å²) in [6.45, 7) is 0.127. The van der Waals surface area contributed by atoms with Gasteiger partial charge in [-0.1, -0.05) is 23.7 Å². The maximum Gasteiger partial charge on any atom is 0.244 e. The van der Waals surface area contributed by atoms with E-state index in [2.05, 4.69) is 10.6 Å². The van der Waals surface area contributed by atoms with Crippen LogP contribution in [0.4, 0.5) is 5.69 Å². The largest absolute Gasteiger partial charge is 0.352 e. The normalized spacial score (nSPS) is 13.4. The van der Waals surface area contributed by atoms with Crippen LogP contribution in [0, 0.1) is 0 Å². The Morgan fingerprint density at radius 3 is 2.40 bits per heavy atom. The van der Waals surface area contributed by atoms with Crippen LogP contribution in [0.2, 0.25) is 5.02 Å². The average molecular weight is 367 g/mol. The molecule has 0 bridgehead atoms. The number of nitrogens with zero attached hydrogens (tertiary/aromatic N) is 2. The molecule has 1 aromatic carbocycles. The molecule has 0 aromatic heterocycles. The Labute approximate surface area is 152 Å². The molecule has 136 valence electrons. The molecule has 0 heterocycles. The average Bonchev–Trinajstić information content (AvgIpc) is 3.32. The molecule has 0 spiro atoms. The Morgan fingerprint density at radius 1 is 1.08 bits per heavy atom. The van der Waals surface area contributed by atoms with E-state index in [1.807, 2.05) is 0 Å². The van der Waals surface area contributed by atoms with Gasteiger partial charge in [0, 0.05) is 13.1 Å². The molecule has 1 aromatic rings. The number of nitrogens with one attached hydrogen (secondary N) is 2. The fourth-order valence-electron chi connectivity index (χ4n) is 2.21. The first-order valence-electron chi connectivity index (χ1n) is 8.11. The Kier molecular flexibility index (Phi) is 6.78. The Bertz CT molecular complexity index is 649. The molecule has 2 N–H and O–H groups in total. The lowest BCUT2D eigenvalue weighted by Gasteiger charge is -2.21. The number of amides is 3. The minimum atomic E-state index is -0.335.